The number of fused-ring (bicyclic) bond motifs is 1. The number of hydrogen-bond donors (Lipinski definition) is 1. The molecule has 6 nitrogen and oxygen atoms in total. The zero-order valence-corrected chi connectivity index (χ0v) is 20.1. The number of alkyl halides is 4. The molecule has 2 unspecified atom stereocenters. The molecule has 36 heavy (non-hydrogen) atoms. The molecule has 188 valence electrons. The van der Waals surface area contributed by atoms with E-state index in [0.717, 1.165) is 22.7 Å². The Morgan fingerprint density at radius 3 is 2.75 bits per heavy atom. The van der Waals surface area contributed by atoms with E-state index in [1.54, 1.807) is 24.3 Å². The molecule has 0 spiro atoms. The van der Waals surface area contributed by atoms with Crippen molar-refractivity contribution in [2.75, 3.05) is 13.1 Å². The Morgan fingerprint density at radius 2 is 2.00 bits per heavy atom. The molecule has 5 rings (SSSR count). The molecule has 2 aliphatic rings. The summed E-state index contributed by atoms with van der Waals surface area (Å²) in [6.45, 7) is 0.494. The van der Waals surface area contributed by atoms with Gasteiger partial charge in [0.25, 0.3) is 11.1 Å². The molecule has 2 amide bonds. The van der Waals surface area contributed by atoms with Gasteiger partial charge in [0.05, 0.1) is 34.8 Å². The lowest BCUT2D eigenvalue weighted by atomic mass is 10.0. The SMILES string of the molecule is O=C1S/C(=C\c2ccc3c(cnn3Cc3ccc(Cl)cc3C(F)(F)F)c2)C(=O)N1C1CCNCC1F. The molecule has 1 N–H and O–H groups in total. The number of rotatable bonds is 4. The van der Waals surface area contributed by atoms with Gasteiger partial charge in [-0.15, -0.1) is 0 Å². The van der Waals surface area contributed by atoms with Gasteiger partial charge in [-0.2, -0.15) is 18.3 Å². The van der Waals surface area contributed by atoms with E-state index in [2.05, 4.69) is 10.4 Å². The fraction of sp³-hybridized carbons (Fsp3) is 0.292. The molecule has 0 saturated carbocycles. The van der Waals surface area contributed by atoms with Gasteiger partial charge in [-0.1, -0.05) is 23.7 Å². The molecule has 0 bridgehead atoms. The number of carbonyl (C=O) groups is 2. The fourth-order valence-corrected chi connectivity index (χ4v) is 5.51. The van der Waals surface area contributed by atoms with Crippen LogP contribution in [-0.2, 0) is 17.5 Å². The van der Waals surface area contributed by atoms with Gasteiger partial charge in [0.1, 0.15) is 6.17 Å². The maximum atomic E-state index is 14.3. The number of carbonyl (C=O) groups excluding carboxylic acids is 2. The molecular weight excluding hydrogens is 520 g/mol. The molecule has 2 atom stereocenters. The third-order valence-corrected chi connectivity index (χ3v) is 7.31. The van der Waals surface area contributed by atoms with E-state index >= 15 is 0 Å². The van der Waals surface area contributed by atoms with Crippen molar-refractivity contribution in [3.05, 3.63) is 69.2 Å². The Morgan fingerprint density at radius 1 is 1.19 bits per heavy atom. The lowest BCUT2D eigenvalue weighted by molar-refractivity contribution is -0.138. The second-order valence-corrected chi connectivity index (χ2v) is 9.98. The standard InChI is InChI=1S/C24H19ClF4N4O2S/c25-16-3-2-14(17(9-16)24(27,28)29)12-32-19-4-1-13(7-15(19)10-31-32)8-21-22(34)33(23(35)36-21)20-5-6-30-11-18(20)26/h1-4,7-10,18,20,30H,5-6,11-12H2/b21-8-. The highest BCUT2D eigenvalue weighted by atomic mass is 35.5. The largest absolute Gasteiger partial charge is 0.416 e. The van der Waals surface area contributed by atoms with E-state index in [9.17, 15) is 27.2 Å². The number of thioether (sulfide) groups is 1. The summed E-state index contributed by atoms with van der Waals surface area (Å²) in [5.41, 5.74) is 0.407. The van der Waals surface area contributed by atoms with E-state index in [0.29, 0.717) is 29.4 Å². The Balaban J connectivity index is 1.40. The number of nitrogens with zero attached hydrogens (tertiary/aromatic N) is 3. The van der Waals surface area contributed by atoms with Crippen LogP contribution in [0.2, 0.25) is 5.02 Å². The summed E-state index contributed by atoms with van der Waals surface area (Å²) in [5, 5.41) is 7.27. The molecule has 12 heteroatoms. The van der Waals surface area contributed by atoms with E-state index in [1.165, 1.54) is 23.0 Å². The summed E-state index contributed by atoms with van der Waals surface area (Å²) in [7, 11) is 0. The van der Waals surface area contributed by atoms with Crippen molar-refractivity contribution in [2.24, 2.45) is 0 Å². The van der Waals surface area contributed by atoms with Gasteiger partial charge in [-0.25, -0.2) is 4.39 Å². The summed E-state index contributed by atoms with van der Waals surface area (Å²) in [6, 6.07) is 7.92. The fourth-order valence-electron chi connectivity index (χ4n) is 4.45. The minimum Gasteiger partial charge on any atom is -0.314 e. The summed E-state index contributed by atoms with van der Waals surface area (Å²) < 4.78 is 56.2. The van der Waals surface area contributed by atoms with E-state index < -0.39 is 35.1 Å². The Hall–Kier alpha value is -2.89. The highest BCUT2D eigenvalue weighted by molar-refractivity contribution is 8.18. The average Bonchev–Trinajstić information content (AvgIpc) is 3.34. The number of benzene rings is 2. The van der Waals surface area contributed by atoms with E-state index in [1.807, 2.05) is 0 Å². The molecule has 0 radical (unpaired) electrons. The number of aromatic nitrogens is 2. The van der Waals surface area contributed by atoms with Crippen LogP contribution in [0.4, 0.5) is 22.4 Å². The first kappa shape index (κ1) is 24.8. The van der Waals surface area contributed by atoms with Gasteiger partial charge < -0.3 is 5.32 Å². The van der Waals surface area contributed by atoms with Crippen LogP contribution >= 0.6 is 23.4 Å². The minimum absolute atomic E-state index is 0.00681. The number of amides is 2. The highest BCUT2D eigenvalue weighted by Crippen LogP contribution is 2.37. The quantitative estimate of drug-likeness (QED) is 0.351. The van der Waals surface area contributed by atoms with Crippen LogP contribution in [0.5, 0.6) is 0 Å². The Labute approximate surface area is 212 Å². The minimum atomic E-state index is -4.56. The first-order valence-corrected chi connectivity index (χ1v) is 12.2. The molecule has 2 saturated heterocycles. The zero-order valence-electron chi connectivity index (χ0n) is 18.6. The van der Waals surface area contributed by atoms with E-state index in [-0.39, 0.29) is 28.6 Å². The number of nitrogens with one attached hydrogen (secondary N) is 1. The van der Waals surface area contributed by atoms with Gasteiger partial charge in [0.2, 0.25) is 0 Å². The number of hydrogen-bond acceptors (Lipinski definition) is 5. The Bertz CT molecular complexity index is 1390. The molecule has 3 aromatic rings. The van der Waals surface area contributed by atoms with Gasteiger partial charge in [0, 0.05) is 17.0 Å². The van der Waals surface area contributed by atoms with Crippen molar-refractivity contribution >= 4 is 51.5 Å². The first-order valence-electron chi connectivity index (χ1n) is 11.0. The lowest BCUT2D eigenvalue weighted by Gasteiger charge is -2.32. The third-order valence-electron chi connectivity index (χ3n) is 6.19. The summed E-state index contributed by atoms with van der Waals surface area (Å²) in [4.78, 5) is 26.6. The van der Waals surface area contributed by atoms with Gasteiger partial charge >= 0.3 is 6.18 Å². The number of halogens is 5. The van der Waals surface area contributed by atoms with Crippen LogP contribution in [0.15, 0.2) is 47.5 Å². The lowest BCUT2D eigenvalue weighted by Crippen LogP contribution is -2.52. The van der Waals surface area contributed by atoms with Crippen molar-refractivity contribution in [1.29, 1.82) is 0 Å². The van der Waals surface area contributed by atoms with Crippen molar-refractivity contribution in [3.63, 3.8) is 0 Å². The summed E-state index contributed by atoms with van der Waals surface area (Å²) >= 11 is 6.53. The number of piperidine rings is 1. The Kier molecular flexibility index (Phi) is 6.56. The molecule has 2 aliphatic heterocycles. The third kappa shape index (κ3) is 4.74. The predicted molar refractivity (Wildman–Crippen MR) is 129 cm³/mol. The van der Waals surface area contributed by atoms with Crippen LogP contribution in [0.25, 0.3) is 17.0 Å². The van der Waals surface area contributed by atoms with Crippen molar-refractivity contribution in [1.82, 2.24) is 20.0 Å². The zero-order chi connectivity index (χ0) is 25.6. The molecular formula is C24H19ClF4N4O2S. The second-order valence-electron chi connectivity index (χ2n) is 8.55. The molecule has 2 fully saturated rings. The predicted octanol–water partition coefficient (Wildman–Crippen LogP) is 5.49. The van der Waals surface area contributed by atoms with Crippen LogP contribution < -0.4 is 5.32 Å². The topological polar surface area (TPSA) is 67.2 Å². The normalized spacial score (nSPS) is 22.2. The van der Waals surface area contributed by atoms with E-state index in [4.69, 9.17) is 11.6 Å². The van der Waals surface area contributed by atoms with Gasteiger partial charge in [-0.3, -0.25) is 19.2 Å². The highest BCUT2D eigenvalue weighted by Gasteiger charge is 2.43. The van der Waals surface area contributed by atoms with Crippen molar-refractivity contribution in [2.45, 2.75) is 31.4 Å². The monoisotopic (exact) mass is 538 g/mol. The second kappa shape index (κ2) is 9.53. The molecule has 1 aromatic heterocycles. The first-order chi connectivity index (χ1) is 17.1. The number of imide groups is 1. The summed E-state index contributed by atoms with van der Waals surface area (Å²) in [6.07, 6.45) is -2.47. The molecule has 2 aromatic carbocycles. The smallest absolute Gasteiger partial charge is 0.314 e. The molecule has 3 heterocycles. The summed E-state index contributed by atoms with van der Waals surface area (Å²) in [5.74, 6) is -0.530. The van der Waals surface area contributed by atoms with Gasteiger partial charge in [-0.05, 0) is 66.2 Å². The van der Waals surface area contributed by atoms with Gasteiger partial charge in [0.15, 0.2) is 0 Å². The maximum Gasteiger partial charge on any atom is 0.416 e. The maximum absolute atomic E-state index is 14.3. The average molecular weight is 539 g/mol. The van der Waals surface area contributed by atoms with Crippen LogP contribution in [-0.4, -0.2) is 51.1 Å². The van der Waals surface area contributed by atoms with Crippen molar-refractivity contribution in [3.8, 4) is 0 Å². The van der Waals surface area contributed by atoms with Crippen LogP contribution in [0.3, 0.4) is 0 Å². The molecule has 0 aliphatic carbocycles. The van der Waals surface area contributed by atoms with Crippen LogP contribution in [0, 0.1) is 0 Å². The van der Waals surface area contributed by atoms with Crippen LogP contribution in [0.1, 0.15) is 23.1 Å². The van der Waals surface area contributed by atoms with Crippen molar-refractivity contribution < 1.29 is 27.2 Å².